The third kappa shape index (κ3) is 6.90. The number of rotatable bonds is 10. The molecule has 0 aliphatic rings. The number of nitro benzene ring substituents is 1. The van der Waals surface area contributed by atoms with Crippen LogP contribution in [0.5, 0.6) is 0 Å². The highest BCUT2D eigenvalue weighted by molar-refractivity contribution is 7.20. The smallest absolute Gasteiger partial charge is 0.412 e. The normalized spacial score (nSPS) is 11.8. The van der Waals surface area contributed by atoms with Gasteiger partial charge in [-0.25, -0.2) is 18.4 Å². The van der Waals surface area contributed by atoms with Crippen LogP contribution in [0.1, 0.15) is 35.3 Å². The molecular weight excluding hydrogens is 520 g/mol. The van der Waals surface area contributed by atoms with Crippen molar-refractivity contribution in [3.05, 3.63) is 80.9 Å². The average molecular weight is 548 g/mol. The number of nitrogens with one attached hydrogen (secondary N) is 1. The predicted molar refractivity (Wildman–Crippen MR) is 139 cm³/mol. The van der Waals surface area contributed by atoms with E-state index in [9.17, 15) is 28.5 Å². The SMILES string of the molecule is CCOC(=O)c1c(NC(=O)OC(C)Cc2c(F)cccc2F)sc(-c2ccc([N+](=O)[O-])cc2)c1CN(C)C. The molecule has 9 nitrogen and oxygen atoms in total. The van der Waals surface area contributed by atoms with Gasteiger partial charge >= 0.3 is 12.1 Å². The fourth-order valence-corrected chi connectivity index (χ4v) is 4.96. The minimum absolute atomic E-state index is 0.0905. The number of thiophene rings is 1. The molecule has 38 heavy (non-hydrogen) atoms. The molecule has 1 heterocycles. The van der Waals surface area contributed by atoms with Gasteiger partial charge in [0, 0.05) is 41.1 Å². The summed E-state index contributed by atoms with van der Waals surface area (Å²) in [5.41, 5.74) is 0.998. The largest absolute Gasteiger partial charge is 0.462 e. The van der Waals surface area contributed by atoms with Crippen LogP contribution in [-0.4, -0.2) is 48.7 Å². The number of ether oxygens (including phenoxy) is 2. The summed E-state index contributed by atoms with van der Waals surface area (Å²) in [6, 6.07) is 9.31. The fraction of sp³-hybridized carbons (Fsp3) is 0.308. The molecule has 12 heteroatoms. The van der Waals surface area contributed by atoms with Crippen LogP contribution < -0.4 is 5.32 Å². The van der Waals surface area contributed by atoms with E-state index in [0.717, 1.165) is 23.5 Å². The average Bonchev–Trinajstić information content (AvgIpc) is 3.18. The van der Waals surface area contributed by atoms with Gasteiger partial charge in [-0.3, -0.25) is 15.4 Å². The number of nitro groups is 1. The van der Waals surface area contributed by atoms with Crippen molar-refractivity contribution in [2.24, 2.45) is 0 Å². The molecule has 3 rings (SSSR count). The molecule has 0 bridgehead atoms. The Bertz CT molecular complexity index is 1310. The third-order valence-electron chi connectivity index (χ3n) is 5.38. The molecule has 0 radical (unpaired) electrons. The Balaban J connectivity index is 1.94. The molecule has 0 saturated heterocycles. The maximum absolute atomic E-state index is 14.0. The van der Waals surface area contributed by atoms with E-state index in [1.54, 1.807) is 33.2 Å². The number of hydrogen-bond donors (Lipinski definition) is 1. The summed E-state index contributed by atoms with van der Waals surface area (Å²) < 4.78 is 38.6. The van der Waals surface area contributed by atoms with Gasteiger partial charge in [-0.1, -0.05) is 6.07 Å². The Kier molecular flexibility index (Phi) is 9.48. The lowest BCUT2D eigenvalue weighted by Gasteiger charge is -2.15. The van der Waals surface area contributed by atoms with Crippen LogP contribution in [-0.2, 0) is 22.4 Å². The Labute approximate surface area is 222 Å². The van der Waals surface area contributed by atoms with Crippen LogP contribution >= 0.6 is 11.3 Å². The van der Waals surface area contributed by atoms with Crippen LogP contribution in [0.25, 0.3) is 10.4 Å². The lowest BCUT2D eigenvalue weighted by molar-refractivity contribution is -0.384. The molecule has 1 aromatic heterocycles. The minimum Gasteiger partial charge on any atom is -0.462 e. The zero-order valence-corrected chi connectivity index (χ0v) is 22.1. The van der Waals surface area contributed by atoms with Gasteiger partial charge < -0.3 is 14.4 Å². The van der Waals surface area contributed by atoms with E-state index in [1.165, 1.54) is 25.1 Å². The molecule has 0 fully saturated rings. The molecule has 1 N–H and O–H groups in total. The van der Waals surface area contributed by atoms with E-state index in [-0.39, 0.29) is 34.8 Å². The van der Waals surface area contributed by atoms with E-state index in [2.05, 4.69) is 5.32 Å². The molecule has 202 valence electrons. The van der Waals surface area contributed by atoms with Crippen molar-refractivity contribution in [1.29, 1.82) is 0 Å². The van der Waals surface area contributed by atoms with Gasteiger partial charge in [0.2, 0.25) is 0 Å². The van der Waals surface area contributed by atoms with Crippen LogP contribution in [0.2, 0.25) is 0 Å². The summed E-state index contributed by atoms with van der Waals surface area (Å²) in [7, 11) is 3.61. The molecule has 2 aromatic carbocycles. The van der Waals surface area contributed by atoms with E-state index in [1.807, 2.05) is 4.90 Å². The van der Waals surface area contributed by atoms with Gasteiger partial charge in [0.15, 0.2) is 0 Å². The van der Waals surface area contributed by atoms with Crippen molar-refractivity contribution >= 4 is 34.1 Å². The number of hydrogen-bond acceptors (Lipinski definition) is 8. The molecule has 0 aliphatic heterocycles. The Morgan fingerprint density at radius 1 is 1.11 bits per heavy atom. The number of carbonyl (C=O) groups is 2. The summed E-state index contributed by atoms with van der Waals surface area (Å²) in [5, 5.41) is 13.8. The quantitative estimate of drug-likeness (QED) is 0.188. The summed E-state index contributed by atoms with van der Waals surface area (Å²) in [6.07, 6.45) is -2.00. The first-order valence-corrected chi connectivity index (χ1v) is 12.5. The number of benzene rings is 2. The van der Waals surface area contributed by atoms with E-state index >= 15 is 0 Å². The highest BCUT2D eigenvalue weighted by Gasteiger charge is 2.28. The first kappa shape index (κ1) is 28.7. The zero-order chi connectivity index (χ0) is 28.0. The monoisotopic (exact) mass is 547 g/mol. The number of esters is 1. The van der Waals surface area contributed by atoms with Crippen molar-refractivity contribution in [2.75, 3.05) is 26.0 Å². The molecule has 3 aromatic rings. The highest BCUT2D eigenvalue weighted by Crippen LogP contribution is 2.42. The predicted octanol–water partition coefficient (Wildman–Crippen LogP) is 6.02. The topological polar surface area (TPSA) is 111 Å². The molecule has 1 unspecified atom stereocenters. The lowest BCUT2D eigenvalue weighted by Crippen LogP contribution is -2.23. The van der Waals surface area contributed by atoms with Crippen LogP contribution in [0.3, 0.4) is 0 Å². The summed E-state index contributed by atoms with van der Waals surface area (Å²) in [4.78, 5) is 38.7. The number of nitrogens with zero attached hydrogens (tertiary/aromatic N) is 2. The number of carbonyl (C=O) groups excluding carboxylic acids is 2. The van der Waals surface area contributed by atoms with Crippen molar-refractivity contribution in [3.63, 3.8) is 0 Å². The van der Waals surface area contributed by atoms with Crippen molar-refractivity contribution in [2.45, 2.75) is 32.9 Å². The molecule has 0 saturated carbocycles. The number of amides is 1. The Morgan fingerprint density at radius 3 is 2.29 bits per heavy atom. The first-order valence-electron chi connectivity index (χ1n) is 11.6. The Hall–Kier alpha value is -3.90. The van der Waals surface area contributed by atoms with Gasteiger partial charge in [0.25, 0.3) is 5.69 Å². The van der Waals surface area contributed by atoms with E-state index in [0.29, 0.717) is 22.5 Å². The number of halogens is 2. The van der Waals surface area contributed by atoms with Crippen LogP contribution in [0.4, 0.5) is 24.3 Å². The number of anilines is 1. The molecule has 1 atom stereocenters. The fourth-order valence-electron chi connectivity index (χ4n) is 3.77. The number of non-ortho nitro benzene ring substituents is 1. The summed E-state index contributed by atoms with van der Waals surface area (Å²) >= 11 is 1.08. The minimum atomic E-state index is -0.923. The maximum atomic E-state index is 14.0. The van der Waals surface area contributed by atoms with Gasteiger partial charge in [-0.05, 0) is 57.8 Å². The maximum Gasteiger partial charge on any atom is 0.412 e. The van der Waals surface area contributed by atoms with Gasteiger partial charge in [0.1, 0.15) is 22.7 Å². The molecule has 0 aliphatic carbocycles. The standard InChI is InChI=1S/C26H27F2N3O6S/c1-5-36-25(32)22-19(14-30(3)4)23(16-9-11-17(12-10-16)31(34)35)38-24(22)29-26(33)37-15(2)13-18-20(27)7-6-8-21(18)28/h6-12,15H,5,13-14H2,1-4H3,(H,29,33). The highest BCUT2D eigenvalue weighted by atomic mass is 32.1. The second-order valence-electron chi connectivity index (χ2n) is 8.62. The molecule has 1 amide bonds. The van der Waals surface area contributed by atoms with Crippen molar-refractivity contribution < 1.29 is 32.8 Å². The second-order valence-corrected chi connectivity index (χ2v) is 9.64. The van der Waals surface area contributed by atoms with Crippen LogP contribution in [0.15, 0.2) is 42.5 Å². The summed E-state index contributed by atoms with van der Waals surface area (Å²) in [6.45, 7) is 3.54. The van der Waals surface area contributed by atoms with Crippen molar-refractivity contribution in [1.82, 2.24) is 4.90 Å². The van der Waals surface area contributed by atoms with Gasteiger partial charge in [-0.15, -0.1) is 11.3 Å². The first-order chi connectivity index (χ1) is 18.0. The van der Waals surface area contributed by atoms with E-state index in [4.69, 9.17) is 9.47 Å². The zero-order valence-electron chi connectivity index (χ0n) is 21.2. The lowest BCUT2D eigenvalue weighted by atomic mass is 10.0. The summed E-state index contributed by atoms with van der Waals surface area (Å²) in [5.74, 6) is -2.15. The molecule has 0 spiro atoms. The van der Waals surface area contributed by atoms with Crippen molar-refractivity contribution in [3.8, 4) is 10.4 Å². The third-order valence-corrected chi connectivity index (χ3v) is 6.57. The van der Waals surface area contributed by atoms with E-state index < -0.39 is 34.7 Å². The van der Waals surface area contributed by atoms with Gasteiger partial charge in [-0.2, -0.15) is 0 Å². The van der Waals surface area contributed by atoms with Gasteiger partial charge in [0.05, 0.1) is 17.1 Å². The van der Waals surface area contributed by atoms with Crippen LogP contribution in [0, 0.1) is 21.7 Å². The molecular formula is C26H27F2N3O6S. The second kappa shape index (κ2) is 12.6. The Morgan fingerprint density at radius 2 is 1.74 bits per heavy atom.